The lowest BCUT2D eigenvalue weighted by atomic mass is 9.87. The topological polar surface area (TPSA) is 64.7 Å². The number of nitrogens with zero attached hydrogens (tertiary/aromatic N) is 1. The van der Waals surface area contributed by atoms with E-state index >= 15 is 0 Å². The van der Waals surface area contributed by atoms with E-state index in [0.29, 0.717) is 23.4 Å². The van der Waals surface area contributed by atoms with Crippen LogP contribution in [-0.4, -0.2) is 12.2 Å². The lowest BCUT2D eigenvalue weighted by Crippen LogP contribution is -2.19. The molecule has 1 aliphatic rings. The number of carbonyl (C=O) groups excluding carboxylic acids is 1. The summed E-state index contributed by atoms with van der Waals surface area (Å²) in [5.74, 6) is -0.301. The molecular formula is C20H17F3N2O2. The van der Waals surface area contributed by atoms with Gasteiger partial charge < -0.3 is 10.5 Å². The third kappa shape index (κ3) is 3.86. The van der Waals surface area contributed by atoms with Gasteiger partial charge in [0.05, 0.1) is 11.1 Å². The van der Waals surface area contributed by atoms with Gasteiger partial charge in [-0.15, -0.1) is 0 Å². The van der Waals surface area contributed by atoms with Crippen molar-refractivity contribution < 1.29 is 22.7 Å². The van der Waals surface area contributed by atoms with E-state index in [4.69, 9.17) is 10.5 Å². The number of rotatable bonds is 4. The van der Waals surface area contributed by atoms with Crippen LogP contribution in [-0.2, 0) is 16.5 Å². The number of nitrogen functional groups attached to an aromatic ring is 1. The number of hydrogen-bond donors (Lipinski definition) is 1. The number of hydrogen-bond acceptors (Lipinski definition) is 4. The number of anilines is 1. The molecule has 0 aromatic heterocycles. The Kier molecular flexibility index (Phi) is 4.78. The minimum absolute atomic E-state index is 0.235. The number of ether oxygens (including phenoxy) is 1. The standard InChI is InChI=1S/C20H17F3N2O2/c1-2-19(14-6-8-15(9-7-14)20(21,22)23)11-13(12-25-19)18(26)27-17-5-3-4-16(24)10-17/h3-12H,2,24H2,1H3. The number of alkyl halides is 3. The van der Waals surface area contributed by atoms with Crippen molar-refractivity contribution in [2.75, 3.05) is 5.73 Å². The molecule has 0 spiro atoms. The van der Waals surface area contributed by atoms with Crippen molar-refractivity contribution >= 4 is 17.9 Å². The van der Waals surface area contributed by atoms with E-state index < -0.39 is 23.2 Å². The van der Waals surface area contributed by atoms with Crippen molar-refractivity contribution in [2.24, 2.45) is 4.99 Å². The van der Waals surface area contributed by atoms with Gasteiger partial charge in [-0.3, -0.25) is 4.99 Å². The van der Waals surface area contributed by atoms with Gasteiger partial charge in [0, 0.05) is 18.0 Å². The third-order valence-electron chi connectivity index (χ3n) is 4.38. The highest BCUT2D eigenvalue weighted by atomic mass is 19.4. The summed E-state index contributed by atoms with van der Waals surface area (Å²) in [6.07, 6.45) is -0.927. The van der Waals surface area contributed by atoms with Crippen LogP contribution in [0.5, 0.6) is 5.75 Å². The summed E-state index contributed by atoms with van der Waals surface area (Å²) in [7, 11) is 0. The van der Waals surface area contributed by atoms with Gasteiger partial charge in [0.25, 0.3) is 0 Å². The Morgan fingerprint density at radius 2 is 1.89 bits per heavy atom. The molecular weight excluding hydrogens is 357 g/mol. The van der Waals surface area contributed by atoms with Gasteiger partial charge in [-0.1, -0.05) is 25.1 Å². The van der Waals surface area contributed by atoms with Crippen LogP contribution in [0.3, 0.4) is 0 Å². The average molecular weight is 374 g/mol. The van der Waals surface area contributed by atoms with Crippen molar-refractivity contribution in [3.63, 3.8) is 0 Å². The largest absolute Gasteiger partial charge is 0.423 e. The average Bonchev–Trinajstić information content (AvgIpc) is 3.07. The molecule has 0 radical (unpaired) electrons. The van der Waals surface area contributed by atoms with Crippen LogP contribution >= 0.6 is 0 Å². The second-order valence-electron chi connectivity index (χ2n) is 6.17. The summed E-state index contributed by atoms with van der Waals surface area (Å²) in [5, 5.41) is 0. The molecule has 0 saturated heterocycles. The monoisotopic (exact) mass is 374 g/mol. The summed E-state index contributed by atoms with van der Waals surface area (Å²) in [6, 6.07) is 11.2. The first-order valence-corrected chi connectivity index (χ1v) is 8.27. The number of esters is 1. The van der Waals surface area contributed by atoms with E-state index in [1.54, 1.807) is 24.3 Å². The molecule has 27 heavy (non-hydrogen) atoms. The van der Waals surface area contributed by atoms with Crippen LogP contribution in [0.2, 0.25) is 0 Å². The van der Waals surface area contributed by atoms with Gasteiger partial charge in [0.2, 0.25) is 0 Å². The normalized spacial score (nSPS) is 19.0. The molecule has 2 aromatic carbocycles. The lowest BCUT2D eigenvalue weighted by Gasteiger charge is -2.23. The van der Waals surface area contributed by atoms with Crippen LogP contribution in [0, 0.1) is 0 Å². The Morgan fingerprint density at radius 1 is 1.19 bits per heavy atom. The van der Waals surface area contributed by atoms with E-state index in [-0.39, 0.29) is 5.57 Å². The van der Waals surface area contributed by atoms with E-state index in [1.807, 2.05) is 6.92 Å². The Balaban J connectivity index is 1.84. The molecule has 140 valence electrons. The smallest absolute Gasteiger partial charge is 0.416 e. The highest BCUT2D eigenvalue weighted by molar-refractivity contribution is 6.11. The third-order valence-corrected chi connectivity index (χ3v) is 4.38. The Hall–Kier alpha value is -3.09. The van der Waals surface area contributed by atoms with Gasteiger partial charge in [0.15, 0.2) is 0 Å². The molecule has 0 aliphatic carbocycles. The molecule has 7 heteroatoms. The summed E-state index contributed by atoms with van der Waals surface area (Å²) in [5.41, 5.74) is 5.30. The molecule has 1 aliphatic heterocycles. The molecule has 0 saturated carbocycles. The van der Waals surface area contributed by atoms with Crippen molar-refractivity contribution in [3.8, 4) is 5.75 Å². The molecule has 3 rings (SSSR count). The summed E-state index contributed by atoms with van der Waals surface area (Å²) >= 11 is 0. The SMILES string of the molecule is CCC1(c2ccc(C(F)(F)F)cc2)C=C(C(=O)Oc2cccc(N)c2)C=N1. The van der Waals surface area contributed by atoms with Crippen LogP contribution in [0.1, 0.15) is 24.5 Å². The quantitative estimate of drug-likeness (QED) is 0.487. The number of halogens is 3. The molecule has 4 nitrogen and oxygen atoms in total. The predicted molar refractivity (Wildman–Crippen MR) is 96.5 cm³/mol. The minimum Gasteiger partial charge on any atom is -0.423 e. The molecule has 0 fully saturated rings. The second-order valence-corrected chi connectivity index (χ2v) is 6.17. The molecule has 1 unspecified atom stereocenters. The maximum Gasteiger partial charge on any atom is 0.416 e. The number of aliphatic imine (C=N–C) groups is 1. The highest BCUT2D eigenvalue weighted by Crippen LogP contribution is 2.37. The molecule has 2 N–H and O–H groups in total. The first-order valence-electron chi connectivity index (χ1n) is 8.27. The van der Waals surface area contributed by atoms with Gasteiger partial charge in [-0.2, -0.15) is 13.2 Å². The maximum absolute atomic E-state index is 12.8. The van der Waals surface area contributed by atoms with E-state index in [1.165, 1.54) is 24.4 Å². The fraction of sp³-hybridized carbons (Fsp3) is 0.200. The fourth-order valence-corrected chi connectivity index (χ4v) is 2.88. The van der Waals surface area contributed by atoms with Crippen LogP contribution in [0.25, 0.3) is 0 Å². The van der Waals surface area contributed by atoms with Gasteiger partial charge >= 0.3 is 12.1 Å². The summed E-state index contributed by atoms with van der Waals surface area (Å²) in [6.45, 7) is 1.84. The zero-order valence-corrected chi connectivity index (χ0v) is 14.5. The van der Waals surface area contributed by atoms with Crippen molar-refractivity contribution in [2.45, 2.75) is 25.1 Å². The van der Waals surface area contributed by atoms with Crippen LogP contribution in [0.4, 0.5) is 18.9 Å². The first-order chi connectivity index (χ1) is 12.7. The van der Waals surface area contributed by atoms with Gasteiger partial charge in [-0.05, 0) is 42.3 Å². The second kappa shape index (κ2) is 6.90. The molecule has 0 bridgehead atoms. The van der Waals surface area contributed by atoms with E-state index in [9.17, 15) is 18.0 Å². The van der Waals surface area contributed by atoms with Gasteiger partial charge in [0.1, 0.15) is 11.3 Å². The van der Waals surface area contributed by atoms with Crippen LogP contribution < -0.4 is 10.5 Å². The van der Waals surface area contributed by atoms with Gasteiger partial charge in [-0.25, -0.2) is 4.79 Å². The molecule has 2 aromatic rings. The molecule has 0 amide bonds. The summed E-state index contributed by atoms with van der Waals surface area (Å²) < 4.78 is 43.6. The Morgan fingerprint density at radius 3 is 2.48 bits per heavy atom. The predicted octanol–water partition coefficient (Wildman–Crippen LogP) is 4.51. The van der Waals surface area contributed by atoms with Crippen molar-refractivity contribution in [3.05, 3.63) is 71.3 Å². The first kappa shape index (κ1) is 18.7. The highest BCUT2D eigenvalue weighted by Gasteiger charge is 2.35. The van der Waals surface area contributed by atoms with Crippen molar-refractivity contribution in [1.29, 1.82) is 0 Å². The number of nitrogens with two attached hydrogens (primary N) is 1. The maximum atomic E-state index is 12.8. The van der Waals surface area contributed by atoms with Crippen molar-refractivity contribution in [1.82, 2.24) is 0 Å². The number of carbonyl (C=O) groups is 1. The Labute approximate surface area is 154 Å². The van der Waals surface area contributed by atoms with E-state index in [0.717, 1.165) is 12.1 Å². The lowest BCUT2D eigenvalue weighted by molar-refractivity contribution is -0.137. The summed E-state index contributed by atoms with van der Waals surface area (Å²) in [4.78, 5) is 16.8. The number of benzene rings is 2. The van der Waals surface area contributed by atoms with E-state index in [2.05, 4.69) is 4.99 Å². The Bertz CT molecular complexity index is 918. The van der Waals surface area contributed by atoms with Crippen LogP contribution in [0.15, 0.2) is 65.2 Å². The molecule has 1 atom stereocenters. The fourth-order valence-electron chi connectivity index (χ4n) is 2.88. The minimum atomic E-state index is -4.40. The molecule has 1 heterocycles. The zero-order valence-electron chi connectivity index (χ0n) is 14.5. The zero-order chi connectivity index (χ0) is 19.7.